The summed E-state index contributed by atoms with van der Waals surface area (Å²) in [6.45, 7) is 3.41. The predicted octanol–water partition coefficient (Wildman–Crippen LogP) is 4.26. The molecule has 2 amide bonds. The number of benzene rings is 2. The molecule has 2 fully saturated rings. The lowest BCUT2D eigenvalue weighted by Gasteiger charge is -2.24. The van der Waals surface area contributed by atoms with E-state index >= 15 is 0 Å². The molecule has 1 heterocycles. The molecular weight excluding hydrogens is 444 g/mol. The van der Waals surface area contributed by atoms with Crippen molar-refractivity contribution in [2.45, 2.75) is 38.5 Å². The van der Waals surface area contributed by atoms with Crippen LogP contribution < -0.4 is 5.32 Å². The summed E-state index contributed by atoms with van der Waals surface area (Å²) in [5, 5.41) is 12.5. The molecule has 0 spiro atoms. The first-order valence-electron chi connectivity index (χ1n) is 12.5. The highest BCUT2D eigenvalue weighted by atomic mass is 16.5. The Labute approximate surface area is 205 Å². The molecule has 2 aliphatic carbocycles. The molecule has 1 aliphatic heterocycles. The molecule has 184 valence electrons. The third-order valence-electron chi connectivity index (χ3n) is 7.94. The number of rotatable bonds is 8. The monoisotopic (exact) mass is 476 g/mol. The quantitative estimate of drug-likeness (QED) is 0.593. The summed E-state index contributed by atoms with van der Waals surface area (Å²) in [7, 11) is 0. The van der Waals surface area contributed by atoms with Gasteiger partial charge in [-0.1, -0.05) is 61.9 Å². The van der Waals surface area contributed by atoms with Crippen molar-refractivity contribution >= 4 is 18.0 Å². The molecule has 7 nitrogen and oxygen atoms in total. The normalized spacial score (nSPS) is 24.5. The zero-order valence-electron chi connectivity index (χ0n) is 20.0. The molecule has 1 saturated heterocycles. The summed E-state index contributed by atoms with van der Waals surface area (Å²) >= 11 is 0. The smallest absolute Gasteiger partial charge is 0.407 e. The minimum atomic E-state index is -0.811. The van der Waals surface area contributed by atoms with Gasteiger partial charge in [-0.25, -0.2) is 4.79 Å². The van der Waals surface area contributed by atoms with E-state index in [1.165, 1.54) is 22.3 Å². The Morgan fingerprint density at radius 1 is 1.09 bits per heavy atom. The number of hydrogen-bond acceptors (Lipinski definition) is 4. The average molecular weight is 477 g/mol. The first-order valence-corrected chi connectivity index (χ1v) is 12.5. The second kappa shape index (κ2) is 9.36. The molecule has 0 aromatic heterocycles. The fourth-order valence-electron chi connectivity index (χ4n) is 5.90. The number of carboxylic acids is 1. The number of carbonyl (C=O) groups is 3. The molecule has 2 N–H and O–H groups in total. The molecule has 0 bridgehead atoms. The van der Waals surface area contributed by atoms with Gasteiger partial charge in [0.25, 0.3) is 0 Å². The molecule has 5 rings (SSSR count). The van der Waals surface area contributed by atoms with Crippen molar-refractivity contribution in [1.82, 2.24) is 10.2 Å². The van der Waals surface area contributed by atoms with Gasteiger partial charge in [0.05, 0.1) is 5.41 Å². The van der Waals surface area contributed by atoms with Crippen LogP contribution >= 0.6 is 0 Å². The number of nitrogens with zero attached hydrogens (tertiary/aromatic N) is 1. The van der Waals surface area contributed by atoms with E-state index in [2.05, 4.69) is 29.6 Å². The Morgan fingerprint density at radius 3 is 2.37 bits per heavy atom. The fraction of sp³-hybridized carbons (Fsp3) is 0.464. The van der Waals surface area contributed by atoms with Crippen LogP contribution in [0.15, 0.2) is 48.5 Å². The molecule has 2 aromatic carbocycles. The summed E-state index contributed by atoms with van der Waals surface area (Å²) in [5.74, 6) is -0.845. The van der Waals surface area contributed by atoms with Gasteiger partial charge in [0.2, 0.25) is 5.91 Å². The van der Waals surface area contributed by atoms with Crippen molar-refractivity contribution in [3.63, 3.8) is 0 Å². The molecule has 2 aromatic rings. The summed E-state index contributed by atoms with van der Waals surface area (Å²) in [6, 6.07) is 16.4. The molecule has 35 heavy (non-hydrogen) atoms. The van der Waals surface area contributed by atoms with Crippen molar-refractivity contribution < 1.29 is 24.2 Å². The van der Waals surface area contributed by atoms with Crippen molar-refractivity contribution in [3.8, 4) is 11.1 Å². The zero-order chi connectivity index (χ0) is 24.6. The van der Waals surface area contributed by atoms with E-state index in [4.69, 9.17) is 4.74 Å². The average Bonchev–Trinajstić information content (AvgIpc) is 3.40. The Balaban J connectivity index is 1.10. The van der Waals surface area contributed by atoms with E-state index in [9.17, 15) is 19.5 Å². The Kier molecular flexibility index (Phi) is 6.26. The number of fused-ring (bicyclic) bond motifs is 3. The van der Waals surface area contributed by atoms with Crippen LogP contribution in [0.4, 0.5) is 4.79 Å². The maximum absolute atomic E-state index is 12.9. The van der Waals surface area contributed by atoms with Crippen molar-refractivity contribution in [1.29, 1.82) is 0 Å². The van der Waals surface area contributed by atoms with Gasteiger partial charge in [-0.15, -0.1) is 0 Å². The minimum Gasteiger partial charge on any atom is -0.481 e. The SMILES string of the molecule is CCCC1(C(=O)O)CCN(C(=O)[C@@H]2C[C@@H]2CNC(=O)OCC2c3ccccc3-c3ccccc32)C1. The number of hydrogen-bond donors (Lipinski definition) is 2. The Morgan fingerprint density at radius 2 is 1.74 bits per heavy atom. The van der Waals surface area contributed by atoms with Gasteiger partial charge in [-0.2, -0.15) is 0 Å². The molecule has 3 atom stereocenters. The van der Waals surface area contributed by atoms with Crippen LogP contribution in [-0.4, -0.2) is 54.2 Å². The van der Waals surface area contributed by atoms with Gasteiger partial charge >= 0.3 is 12.1 Å². The minimum absolute atomic E-state index is 0.0104. The van der Waals surface area contributed by atoms with E-state index in [0.29, 0.717) is 32.4 Å². The van der Waals surface area contributed by atoms with Gasteiger partial charge in [0, 0.05) is 31.5 Å². The van der Waals surface area contributed by atoms with Crippen LogP contribution in [-0.2, 0) is 14.3 Å². The van der Waals surface area contributed by atoms with Gasteiger partial charge in [0.15, 0.2) is 0 Å². The largest absolute Gasteiger partial charge is 0.481 e. The second-order valence-corrected chi connectivity index (χ2v) is 10.2. The molecule has 3 aliphatic rings. The van der Waals surface area contributed by atoms with E-state index < -0.39 is 17.5 Å². The lowest BCUT2D eigenvalue weighted by Crippen LogP contribution is -2.38. The number of carboxylic acid groups (broad SMARTS) is 1. The summed E-state index contributed by atoms with van der Waals surface area (Å²) in [5.41, 5.74) is 3.89. The standard InChI is InChI=1S/C28H32N2O5/c1-2-11-28(26(32)33)12-13-30(17-28)25(31)23-14-18(23)15-29-27(34)35-16-24-21-9-5-3-7-19(21)20-8-4-6-10-22(20)24/h3-10,18,23-24H,2,11-17H2,1H3,(H,29,34)(H,32,33)/t18-,23-,28?/m1/s1. The van der Waals surface area contributed by atoms with Crippen molar-refractivity contribution in [2.75, 3.05) is 26.2 Å². The lowest BCUT2D eigenvalue weighted by atomic mass is 9.83. The van der Waals surface area contributed by atoms with Crippen LogP contribution in [0.2, 0.25) is 0 Å². The highest BCUT2D eigenvalue weighted by molar-refractivity contribution is 5.84. The highest BCUT2D eigenvalue weighted by Gasteiger charge is 2.50. The maximum atomic E-state index is 12.9. The van der Waals surface area contributed by atoms with E-state index in [-0.39, 0.29) is 36.8 Å². The molecule has 0 radical (unpaired) electrons. The van der Waals surface area contributed by atoms with E-state index in [0.717, 1.165) is 6.42 Å². The van der Waals surface area contributed by atoms with Crippen LogP contribution in [0.3, 0.4) is 0 Å². The number of aliphatic carboxylic acids is 1. The number of nitrogens with one attached hydrogen (secondary N) is 1. The molecule has 1 saturated carbocycles. The van der Waals surface area contributed by atoms with Gasteiger partial charge in [0.1, 0.15) is 6.61 Å². The van der Waals surface area contributed by atoms with E-state index in [1.54, 1.807) is 4.90 Å². The predicted molar refractivity (Wildman–Crippen MR) is 131 cm³/mol. The van der Waals surface area contributed by atoms with Gasteiger partial charge in [-0.05, 0) is 47.4 Å². The topological polar surface area (TPSA) is 95.9 Å². The highest BCUT2D eigenvalue weighted by Crippen LogP contribution is 2.45. The number of carbonyl (C=O) groups excluding carboxylic acids is 2. The second-order valence-electron chi connectivity index (χ2n) is 10.2. The summed E-state index contributed by atoms with van der Waals surface area (Å²) < 4.78 is 5.58. The fourth-order valence-corrected chi connectivity index (χ4v) is 5.90. The van der Waals surface area contributed by atoms with E-state index in [1.807, 2.05) is 31.2 Å². The number of ether oxygens (including phenoxy) is 1. The maximum Gasteiger partial charge on any atom is 0.407 e. The zero-order valence-corrected chi connectivity index (χ0v) is 20.0. The Hall–Kier alpha value is -3.35. The number of likely N-dealkylation sites (tertiary alicyclic amines) is 1. The number of amides is 2. The first-order chi connectivity index (χ1) is 16.9. The van der Waals surface area contributed by atoms with Crippen molar-refractivity contribution in [3.05, 3.63) is 59.7 Å². The molecule has 7 heteroatoms. The molecule has 1 unspecified atom stereocenters. The summed E-state index contributed by atoms with van der Waals surface area (Å²) in [4.78, 5) is 38.8. The number of alkyl carbamates (subject to hydrolysis) is 1. The van der Waals surface area contributed by atoms with Gasteiger partial charge in [-0.3, -0.25) is 9.59 Å². The van der Waals surface area contributed by atoms with Crippen LogP contribution in [0, 0.1) is 17.3 Å². The summed E-state index contributed by atoms with van der Waals surface area (Å²) in [6.07, 6.45) is 2.12. The van der Waals surface area contributed by atoms with Crippen LogP contribution in [0.1, 0.15) is 49.7 Å². The van der Waals surface area contributed by atoms with Crippen LogP contribution in [0.5, 0.6) is 0 Å². The van der Waals surface area contributed by atoms with Gasteiger partial charge < -0.3 is 20.1 Å². The third-order valence-corrected chi connectivity index (χ3v) is 7.94. The van der Waals surface area contributed by atoms with Crippen LogP contribution in [0.25, 0.3) is 11.1 Å². The first kappa shape index (κ1) is 23.4. The van der Waals surface area contributed by atoms with Crippen molar-refractivity contribution in [2.24, 2.45) is 17.3 Å². The lowest BCUT2D eigenvalue weighted by molar-refractivity contribution is -0.149. The third kappa shape index (κ3) is 4.40. The Bertz CT molecular complexity index is 1100. The molecular formula is C28H32N2O5.